The van der Waals surface area contributed by atoms with E-state index < -0.39 is 22.7 Å². The molecule has 0 saturated carbocycles. The van der Waals surface area contributed by atoms with Crippen molar-refractivity contribution in [3.63, 3.8) is 0 Å². The minimum atomic E-state index is -3.96. The third-order valence-corrected chi connectivity index (χ3v) is 6.80. The van der Waals surface area contributed by atoms with Crippen molar-refractivity contribution in [2.24, 2.45) is 0 Å². The molecule has 0 unspecified atom stereocenters. The van der Waals surface area contributed by atoms with Crippen LogP contribution in [0.5, 0.6) is 5.75 Å². The Labute approximate surface area is 206 Å². The largest absolute Gasteiger partial charge is 0.433 e. The van der Waals surface area contributed by atoms with E-state index >= 15 is 0 Å². The Morgan fingerprint density at radius 1 is 0.972 bits per heavy atom. The van der Waals surface area contributed by atoms with E-state index in [1.54, 1.807) is 48.9 Å². The third kappa shape index (κ3) is 6.08. The number of rotatable bonds is 11. The van der Waals surface area contributed by atoms with E-state index in [4.69, 9.17) is 4.74 Å². The topological polar surface area (TPSA) is 115 Å². The van der Waals surface area contributed by atoms with Gasteiger partial charge in [-0.15, -0.1) is 0 Å². The quantitative estimate of drug-likeness (QED) is 0.309. The molecule has 4 rings (SSSR count). The Morgan fingerprint density at radius 2 is 1.81 bits per heavy atom. The second kappa shape index (κ2) is 11.3. The van der Waals surface area contributed by atoms with Crippen molar-refractivity contribution in [3.8, 4) is 5.75 Å². The van der Waals surface area contributed by atoms with Crippen LogP contribution in [0.2, 0.25) is 0 Å². The number of hydrogen-bond acceptors (Lipinski definition) is 8. The highest BCUT2D eigenvalue weighted by Crippen LogP contribution is 2.30. The van der Waals surface area contributed by atoms with Gasteiger partial charge in [-0.3, -0.25) is 15.0 Å². The van der Waals surface area contributed by atoms with Crippen LogP contribution in [0.1, 0.15) is 17.3 Å². The number of fused-ring (bicyclic) bond motifs is 1. The van der Waals surface area contributed by atoms with E-state index in [2.05, 4.69) is 29.7 Å². The molecule has 0 radical (unpaired) electrons. The predicted molar refractivity (Wildman–Crippen MR) is 129 cm³/mol. The fourth-order valence-corrected chi connectivity index (χ4v) is 5.04. The Bertz CT molecular complexity index is 1410. The summed E-state index contributed by atoms with van der Waals surface area (Å²) in [7, 11) is -2.46. The molecule has 0 fully saturated rings. The Hall–Kier alpha value is -3.74. The van der Waals surface area contributed by atoms with Gasteiger partial charge in [0.1, 0.15) is 5.75 Å². The van der Waals surface area contributed by atoms with Gasteiger partial charge < -0.3 is 14.8 Å². The lowest BCUT2D eigenvalue weighted by Crippen LogP contribution is -2.31. The second-order valence-electron chi connectivity index (χ2n) is 7.67. The third-order valence-electron chi connectivity index (χ3n) is 5.27. The molecule has 2 N–H and O–H groups in total. The molecule has 3 aromatic heterocycles. The van der Waals surface area contributed by atoms with Crippen LogP contribution < -0.4 is 14.8 Å². The van der Waals surface area contributed by atoms with Crippen molar-refractivity contribution in [2.45, 2.75) is 24.1 Å². The highest BCUT2D eigenvalue weighted by atomic mass is 32.2. The first-order valence-corrected chi connectivity index (χ1v) is 12.3. The average molecular weight is 516 g/mol. The van der Waals surface area contributed by atoms with Gasteiger partial charge in [-0.25, -0.2) is 13.1 Å². The number of aromatic nitrogens is 3. The zero-order valence-corrected chi connectivity index (χ0v) is 20.0. The van der Waals surface area contributed by atoms with Crippen molar-refractivity contribution < 1.29 is 26.7 Å². The molecule has 0 aliphatic heterocycles. The standard InChI is InChI=1S/C24H23F2N5O4S/c1-34-15-22(16-3-2-9-27-11-16)31-36(32,33)23-7-6-21(20-14-28-10-8-19(20)23)30-12-17-4-5-18(13-29-17)35-24(25)26/h2-11,13-14,22,24,30-31H,12,15H2,1H3/t22-/m0/s1. The van der Waals surface area contributed by atoms with Gasteiger partial charge >= 0.3 is 6.61 Å². The molecule has 9 nitrogen and oxygen atoms in total. The Morgan fingerprint density at radius 3 is 2.50 bits per heavy atom. The molecule has 0 amide bonds. The molecule has 1 atom stereocenters. The minimum absolute atomic E-state index is 0.0384. The van der Waals surface area contributed by atoms with Crippen molar-refractivity contribution >= 4 is 26.5 Å². The highest BCUT2D eigenvalue weighted by molar-refractivity contribution is 7.89. The maximum Gasteiger partial charge on any atom is 0.387 e. The zero-order valence-electron chi connectivity index (χ0n) is 19.1. The van der Waals surface area contributed by atoms with Crippen LogP contribution in [0.3, 0.4) is 0 Å². The number of pyridine rings is 3. The van der Waals surface area contributed by atoms with Crippen molar-refractivity contribution in [2.75, 3.05) is 19.0 Å². The molecule has 3 heterocycles. The number of halogens is 2. The summed E-state index contributed by atoms with van der Waals surface area (Å²) in [5.41, 5.74) is 1.88. The SMILES string of the molecule is COC[C@H](NS(=O)(=O)c1ccc(NCc2ccc(OC(F)F)cn2)c2cnccc12)c1cccnc1. The van der Waals surface area contributed by atoms with Gasteiger partial charge in [0.25, 0.3) is 0 Å². The number of anilines is 1. The molecule has 0 spiro atoms. The molecule has 0 bridgehead atoms. The molecule has 0 aliphatic rings. The molecular weight excluding hydrogens is 492 g/mol. The summed E-state index contributed by atoms with van der Waals surface area (Å²) in [6.45, 7) is -2.54. The fraction of sp³-hybridized carbons (Fsp3) is 0.208. The Balaban J connectivity index is 1.58. The number of hydrogen-bond donors (Lipinski definition) is 2. The molecular formula is C24H23F2N5O4S. The first-order chi connectivity index (χ1) is 17.4. The molecule has 0 saturated heterocycles. The van der Waals surface area contributed by atoms with E-state index in [0.29, 0.717) is 27.7 Å². The summed E-state index contributed by atoms with van der Waals surface area (Å²) < 4.78 is 63.7. The Kier molecular flexibility index (Phi) is 7.98. The van der Waals surface area contributed by atoms with Gasteiger partial charge in [-0.2, -0.15) is 8.78 Å². The smallest absolute Gasteiger partial charge is 0.387 e. The van der Waals surface area contributed by atoms with Gasteiger partial charge in [0.15, 0.2) is 0 Å². The van der Waals surface area contributed by atoms with E-state index in [9.17, 15) is 17.2 Å². The van der Waals surface area contributed by atoms with E-state index in [-0.39, 0.29) is 23.8 Å². The fourth-order valence-electron chi connectivity index (χ4n) is 3.62. The van der Waals surface area contributed by atoms with Gasteiger partial charge in [0.05, 0.1) is 36.0 Å². The van der Waals surface area contributed by atoms with Crippen LogP contribution in [-0.2, 0) is 21.3 Å². The molecule has 4 aromatic rings. The van der Waals surface area contributed by atoms with Crippen LogP contribution in [0.15, 0.2) is 78.3 Å². The number of sulfonamides is 1. The van der Waals surface area contributed by atoms with Crippen LogP contribution in [-0.4, -0.2) is 43.7 Å². The lowest BCUT2D eigenvalue weighted by atomic mass is 10.1. The van der Waals surface area contributed by atoms with E-state index in [0.717, 1.165) is 0 Å². The predicted octanol–water partition coefficient (Wildman–Crippen LogP) is 3.90. The van der Waals surface area contributed by atoms with Crippen molar-refractivity contribution in [1.82, 2.24) is 19.7 Å². The van der Waals surface area contributed by atoms with Gasteiger partial charge in [-0.1, -0.05) is 6.07 Å². The molecule has 1 aromatic carbocycles. The number of nitrogens with zero attached hydrogens (tertiary/aromatic N) is 3. The number of benzene rings is 1. The normalized spacial score (nSPS) is 12.6. The van der Waals surface area contributed by atoms with Crippen LogP contribution in [0.25, 0.3) is 10.8 Å². The monoisotopic (exact) mass is 515 g/mol. The summed E-state index contributed by atoms with van der Waals surface area (Å²) in [4.78, 5) is 12.4. The van der Waals surface area contributed by atoms with Gasteiger partial charge in [-0.05, 0) is 42.0 Å². The van der Waals surface area contributed by atoms with Crippen LogP contribution in [0, 0.1) is 0 Å². The van der Waals surface area contributed by atoms with Gasteiger partial charge in [0.2, 0.25) is 10.0 Å². The summed E-state index contributed by atoms with van der Waals surface area (Å²) in [5.74, 6) is -0.0384. The lowest BCUT2D eigenvalue weighted by Gasteiger charge is -2.19. The maximum absolute atomic E-state index is 13.4. The summed E-state index contributed by atoms with van der Waals surface area (Å²) in [6, 6.07) is 10.6. The van der Waals surface area contributed by atoms with Gasteiger partial charge in [0, 0.05) is 48.4 Å². The second-order valence-corrected chi connectivity index (χ2v) is 9.35. The van der Waals surface area contributed by atoms with E-state index in [1.807, 2.05) is 0 Å². The molecule has 36 heavy (non-hydrogen) atoms. The maximum atomic E-state index is 13.4. The summed E-state index contributed by atoms with van der Waals surface area (Å²) >= 11 is 0. The number of alkyl halides is 2. The number of ether oxygens (including phenoxy) is 2. The summed E-state index contributed by atoms with van der Waals surface area (Å²) in [5, 5.41) is 4.25. The van der Waals surface area contributed by atoms with E-state index in [1.165, 1.54) is 31.6 Å². The van der Waals surface area contributed by atoms with Crippen molar-refractivity contribution in [3.05, 3.63) is 84.7 Å². The van der Waals surface area contributed by atoms with Crippen LogP contribution in [0.4, 0.5) is 14.5 Å². The number of nitrogens with one attached hydrogen (secondary N) is 2. The summed E-state index contributed by atoms with van der Waals surface area (Å²) in [6.07, 6.45) is 7.49. The zero-order chi connectivity index (χ0) is 25.5. The molecule has 188 valence electrons. The first kappa shape index (κ1) is 25.4. The van der Waals surface area contributed by atoms with Crippen LogP contribution >= 0.6 is 0 Å². The minimum Gasteiger partial charge on any atom is -0.433 e. The molecule has 12 heteroatoms. The first-order valence-electron chi connectivity index (χ1n) is 10.8. The number of methoxy groups -OCH3 is 1. The lowest BCUT2D eigenvalue weighted by molar-refractivity contribution is -0.0500. The highest BCUT2D eigenvalue weighted by Gasteiger charge is 2.24. The molecule has 0 aliphatic carbocycles. The average Bonchev–Trinajstić information content (AvgIpc) is 2.88. The van der Waals surface area contributed by atoms with Crippen molar-refractivity contribution in [1.29, 1.82) is 0 Å².